The molecule has 0 atom stereocenters. The maximum Gasteiger partial charge on any atom is 0.337 e. The van der Waals surface area contributed by atoms with E-state index in [9.17, 15) is 9.90 Å². The Balaban J connectivity index is 2.74. The summed E-state index contributed by atoms with van der Waals surface area (Å²) in [7, 11) is 1.58. The zero-order valence-electron chi connectivity index (χ0n) is 13.5. The number of ether oxygens (including phenoxy) is 1. The van der Waals surface area contributed by atoms with Gasteiger partial charge < -0.3 is 15.2 Å². The lowest BCUT2D eigenvalue weighted by atomic mass is 9.86. The van der Waals surface area contributed by atoms with Crippen LogP contribution in [0.3, 0.4) is 0 Å². The molecule has 0 aromatic heterocycles. The number of rotatable bonds is 9. The maximum atomic E-state index is 11.3. The van der Waals surface area contributed by atoms with Crippen LogP contribution in [0, 0.1) is 5.41 Å². The second kappa shape index (κ2) is 7.91. The number of aromatic carboxylic acids is 1. The van der Waals surface area contributed by atoms with Crippen LogP contribution in [0.2, 0.25) is 0 Å². The van der Waals surface area contributed by atoms with Gasteiger partial charge in [-0.1, -0.05) is 40.0 Å². The first-order chi connectivity index (χ1) is 9.89. The summed E-state index contributed by atoms with van der Waals surface area (Å²) in [5, 5.41) is 12.5. The number of hydrogen-bond donors (Lipinski definition) is 2. The Morgan fingerprint density at radius 2 is 2.05 bits per heavy atom. The van der Waals surface area contributed by atoms with Crippen molar-refractivity contribution >= 4 is 11.7 Å². The molecule has 0 aliphatic heterocycles. The average Bonchev–Trinajstić information content (AvgIpc) is 2.45. The topological polar surface area (TPSA) is 58.6 Å². The van der Waals surface area contributed by atoms with Gasteiger partial charge in [0.05, 0.1) is 18.4 Å². The highest BCUT2D eigenvalue weighted by Crippen LogP contribution is 2.27. The summed E-state index contributed by atoms with van der Waals surface area (Å²) in [5.41, 5.74) is 1.03. The minimum Gasteiger partial charge on any atom is -0.497 e. The summed E-state index contributed by atoms with van der Waals surface area (Å²) in [6, 6.07) is 4.99. The number of unbranched alkanes of at least 4 members (excludes halogenated alkanes) is 2. The zero-order valence-corrected chi connectivity index (χ0v) is 13.5. The van der Waals surface area contributed by atoms with Crippen LogP contribution in [-0.4, -0.2) is 24.7 Å². The highest BCUT2D eigenvalue weighted by molar-refractivity contribution is 5.94. The number of carbonyl (C=O) groups is 1. The van der Waals surface area contributed by atoms with Crippen LogP contribution in [-0.2, 0) is 0 Å². The molecule has 0 aliphatic rings. The molecule has 0 radical (unpaired) electrons. The van der Waals surface area contributed by atoms with Crippen molar-refractivity contribution in [3.8, 4) is 5.75 Å². The van der Waals surface area contributed by atoms with Gasteiger partial charge in [-0.05, 0) is 24.0 Å². The van der Waals surface area contributed by atoms with Gasteiger partial charge in [-0.15, -0.1) is 0 Å². The fraction of sp³-hybridized carbons (Fsp3) is 0.588. The quantitative estimate of drug-likeness (QED) is 0.662. The van der Waals surface area contributed by atoms with E-state index in [1.165, 1.54) is 19.3 Å². The molecule has 1 rings (SSSR count). The Hall–Kier alpha value is -1.71. The van der Waals surface area contributed by atoms with E-state index in [1.807, 2.05) is 0 Å². The standard InChI is InChI=1S/C17H27NO3/c1-5-6-7-10-17(2,3)12-18-15-11-13(21-4)8-9-14(15)16(19)20/h8-9,11,18H,5-7,10,12H2,1-4H3,(H,19,20). The van der Waals surface area contributed by atoms with Gasteiger partial charge >= 0.3 is 5.97 Å². The summed E-state index contributed by atoms with van der Waals surface area (Å²) in [6.45, 7) is 7.34. The van der Waals surface area contributed by atoms with Crippen molar-refractivity contribution in [2.45, 2.75) is 46.5 Å². The normalized spacial score (nSPS) is 11.2. The van der Waals surface area contributed by atoms with Crippen molar-refractivity contribution < 1.29 is 14.6 Å². The molecule has 0 spiro atoms. The minimum atomic E-state index is -0.927. The Kier molecular flexibility index (Phi) is 6.53. The van der Waals surface area contributed by atoms with Crippen LogP contribution >= 0.6 is 0 Å². The van der Waals surface area contributed by atoms with E-state index in [0.29, 0.717) is 11.4 Å². The largest absolute Gasteiger partial charge is 0.497 e. The number of anilines is 1. The van der Waals surface area contributed by atoms with E-state index in [1.54, 1.807) is 25.3 Å². The predicted octanol–water partition coefficient (Wildman–Crippen LogP) is 4.41. The third kappa shape index (κ3) is 5.66. The monoisotopic (exact) mass is 293 g/mol. The van der Waals surface area contributed by atoms with Crippen LogP contribution in [0.4, 0.5) is 5.69 Å². The molecule has 1 aromatic rings. The number of hydrogen-bond acceptors (Lipinski definition) is 3. The van der Waals surface area contributed by atoms with Gasteiger partial charge in [0.2, 0.25) is 0 Å². The van der Waals surface area contributed by atoms with Gasteiger partial charge in [0.15, 0.2) is 0 Å². The van der Waals surface area contributed by atoms with Gasteiger partial charge in [0.1, 0.15) is 5.75 Å². The predicted molar refractivity (Wildman–Crippen MR) is 86.4 cm³/mol. The molecule has 4 nitrogen and oxygen atoms in total. The van der Waals surface area contributed by atoms with Crippen LogP contribution in [0.5, 0.6) is 5.75 Å². The van der Waals surface area contributed by atoms with Crippen LogP contribution in [0.1, 0.15) is 56.8 Å². The first-order valence-corrected chi connectivity index (χ1v) is 7.55. The number of carboxylic acids is 1. The first-order valence-electron chi connectivity index (χ1n) is 7.55. The van der Waals surface area contributed by atoms with Crippen molar-refractivity contribution in [2.24, 2.45) is 5.41 Å². The molecule has 0 heterocycles. The van der Waals surface area contributed by atoms with Crippen LogP contribution in [0.25, 0.3) is 0 Å². The molecule has 0 unspecified atom stereocenters. The molecule has 0 bridgehead atoms. The number of carboxylic acid groups (broad SMARTS) is 1. The molecule has 118 valence electrons. The van der Waals surface area contributed by atoms with E-state index < -0.39 is 5.97 Å². The Bertz CT molecular complexity index is 469. The third-order valence-corrected chi connectivity index (χ3v) is 3.67. The Morgan fingerprint density at radius 3 is 2.62 bits per heavy atom. The number of methoxy groups -OCH3 is 1. The highest BCUT2D eigenvalue weighted by atomic mass is 16.5. The van der Waals surface area contributed by atoms with Crippen molar-refractivity contribution in [1.29, 1.82) is 0 Å². The van der Waals surface area contributed by atoms with E-state index in [-0.39, 0.29) is 11.0 Å². The second-order valence-corrected chi connectivity index (χ2v) is 6.19. The molecule has 0 saturated carbocycles. The molecule has 21 heavy (non-hydrogen) atoms. The molecule has 2 N–H and O–H groups in total. The van der Waals surface area contributed by atoms with Crippen molar-refractivity contribution in [3.63, 3.8) is 0 Å². The summed E-state index contributed by atoms with van der Waals surface area (Å²) in [6.07, 6.45) is 4.78. The van der Waals surface area contributed by atoms with Gasteiger partial charge in [-0.2, -0.15) is 0 Å². The number of nitrogens with one attached hydrogen (secondary N) is 1. The van der Waals surface area contributed by atoms with Gasteiger partial charge in [-0.25, -0.2) is 4.79 Å². The molecule has 0 aliphatic carbocycles. The average molecular weight is 293 g/mol. The fourth-order valence-corrected chi connectivity index (χ4v) is 2.26. The molecular weight excluding hydrogens is 266 g/mol. The van der Waals surface area contributed by atoms with Crippen molar-refractivity contribution in [3.05, 3.63) is 23.8 Å². The lowest BCUT2D eigenvalue weighted by Crippen LogP contribution is -2.24. The summed E-state index contributed by atoms with van der Waals surface area (Å²) in [5.74, 6) is -0.268. The van der Waals surface area contributed by atoms with Crippen molar-refractivity contribution in [2.75, 3.05) is 19.0 Å². The smallest absolute Gasteiger partial charge is 0.337 e. The molecular formula is C17H27NO3. The maximum absolute atomic E-state index is 11.3. The van der Waals surface area contributed by atoms with E-state index in [4.69, 9.17) is 4.74 Å². The van der Waals surface area contributed by atoms with Gasteiger partial charge in [0, 0.05) is 12.6 Å². The lowest BCUT2D eigenvalue weighted by Gasteiger charge is -2.26. The first kappa shape index (κ1) is 17.3. The van der Waals surface area contributed by atoms with Gasteiger partial charge in [-0.3, -0.25) is 0 Å². The van der Waals surface area contributed by atoms with Crippen LogP contribution in [0.15, 0.2) is 18.2 Å². The van der Waals surface area contributed by atoms with Gasteiger partial charge in [0.25, 0.3) is 0 Å². The molecule has 0 amide bonds. The lowest BCUT2D eigenvalue weighted by molar-refractivity contribution is 0.0698. The highest BCUT2D eigenvalue weighted by Gasteiger charge is 2.19. The van der Waals surface area contributed by atoms with E-state index in [0.717, 1.165) is 13.0 Å². The molecule has 0 saturated heterocycles. The SMILES string of the molecule is CCCCCC(C)(C)CNc1cc(OC)ccc1C(=O)O. The summed E-state index contributed by atoms with van der Waals surface area (Å²) >= 11 is 0. The third-order valence-electron chi connectivity index (χ3n) is 3.67. The molecule has 4 heteroatoms. The van der Waals surface area contributed by atoms with Crippen LogP contribution < -0.4 is 10.1 Å². The Morgan fingerprint density at radius 1 is 1.33 bits per heavy atom. The Labute approximate surface area is 127 Å². The summed E-state index contributed by atoms with van der Waals surface area (Å²) in [4.78, 5) is 11.3. The zero-order chi connectivity index (χ0) is 15.9. The summed E-state index contributed by atoms with van der Waals surface area (Å²) < 4.78 is 5.17. The van der Waals surface area contributed by atoms with Crippen molar-refractivity contribution in [1.82, 2.24) is 0 Å². The number of benzene rings is 1. The molecule has 1 aromatic carbocycles. The molecule has 0 fully saturated rings. The van der Waals surface area contributed by atoms with E-state index in [2.05, 4.69) is 26.1 Å². The second-order valence-electron chi connectivity index (χ2n) is 6.19. The minimum absolute atomic E-state index is 0.133. The van der Waals surface area contributed by atoms with E-state index >= 15 is 0 Å². The fourth-order valence-electron chi connectivity index (χ4n) is 2.26.